The summed E-state index contributed by atoms with van der Waals surface area (Å²) < 4.78 is 11.1. The second-order valence-corrected chi connectivity index (χ2v) is 6.68. The van der Waals surface area contributed by atoms with Gasteiger partial charge in [-0.25, -0.2) is 0 Å². The van der Waals surface area contributed by atoms with Crippen LogP contribution in [0.3, 0.4) is 0 Å². The molecule has 1 aromatic heterocycles. The molecule has 0 unspecified atom stereocenters. The number of nitrogens with one attached hydrogen (secondary N) is 1. The Morgan fingerprint density at radius 3 is 2.79 bits per heavy atom. The van der Waals surface area contributed by atoms with Crippen molar-refractivity contribution in [1.82, 2.24) is 5.32 Å². The zero-order chi connectivity index (χ0) is 17.3. The van der Waals surface area contributed by atoms with Gasteiger partial charge in [0, 0.05) is 18.1 Å². The highest BCUT2D eigenvalue weighted by atomic mass is 16.5. The molecule has 0 saturated heterocycles. The summed E-state index contributed by atoms with van der Waals surface area (Å²) >= 11 is 0. The van der Waals surface area contributed by atoms with E-state index in [0.717, 1.165) is 42.2 Å². The first kappa shape index (κ1) is 17.0. The van der Waals surface area contributed by atoms with Gasteiger partial charge in [0.2, 0.25) is 0 Å². The van der Waals surface area contributed by atoms with Crippen LogP contribution in [-0.2, 0) is 4.74 Å². The molecule has 130 valence electrons. The van der Waals surface area contributed by atoms with Crippen molar-refractivity contribution in [3.8, 4) is 0 Å². The Morgan fingerprint density at radius 2 is 2.04 bits per heavy atom. The molecule has 2 N–H and O–H groups in total. The summed E-state index contributed by atoms with van der Waals surface area (Å²) in [6.45, 7) is 3.88. The molecular formula is C19H25NO4. The Bertz CT molecular complexity index is 736. The first-order valence-corrected chi connectivity index (χ1v) is 8.52. The van der Waals surface area contributed by atoms with Crippen LogP contribution in [0.5, 0.6) is 0 Å². The lowest BCUT2D eigenvalue weighted by Gasteiger charge is -2.26. The molecule has 24 heavy (non-hydrogen) atoms. The molecule has 5 heteroatoms. The molecular weight excluding hydrogens is 306 g/mol. The van der Waals surface area contributed by atoms with Gasteiger partial charge >= 0.3 is 0 Å². The van der Waals surface area contributed by atoms with Crippen molar-refractivity contribution >= 4 is 16.9 Å². The van der Waals surface area contributed by atoms with Crippen LogP contribution in [0.4, 0.5) is 0 Å². The number of aliphatic hydroxyl groups excluding tert-OH is 1. The lowest BCUT2D eigenvalue weighted by Crippen LogP contribution is -2.48. The van der Waals surface area contributed by atoms with Crippen LogP contribution >= 0.6 is 0 Å². The van der Waals surface area contributed by atoms with E-state index in [1.54, 1.807) is 7.11 Å². The molecule has 1 fully saturated rings. The van der Waals surface area contributed by atoms with Gasteiger partial charge in [-0.1, -0.05) is 25.0 Å². The molecule has 5 nitrogen and oxygen atoms in total. The topological polar surface area (TPSA) is 71.7 Å². The fraction of sp³-hybridized carbons (Fsp3) is 0.526. The predicted molar refractivity (Wildman–Crippen MR) is 92.2 cm³/mol. The largest absolute Gasteiger partial charge is 0.451 e. The van der Waals surface area contributed by atoms with Crippen molar-refractivity contribution in [2.45, 2.75) is 57.8 Å². The normalized spacial score (nSPS) is 24.8. The third-order valence-corrected chi connectivity index (χ3v) is 4.97. The number of hydrogen-bond donors (Lipinski definition) is 2. The number of aryl methyl sites for hydroxylation is 2. The van der Waals surface area contributed by atoms with Gasteiger partial charge in [0.1, 0.15) is 11.7 Å². The minimum atomic E-state index is -0.701. The van der Waals surface area contributed by atoms with Gasteiger partial charge in [0.15, 0.2) is 5.76 Å². The smallest absolute Gasteiger partial charge is 0.287 e. The summed E-state index contributed by atoms with van der Waals surface area (Å²) in [6.07, 6.45) is 2.56. The van der Waals surface area contributed by atoms with Crippen LogP contribution in [0.2, 0.25) is 0 Å². The van der Waals surface area contributed by atoms with E-state index in [-0.39, 0.29) is 18.1 Å². The molecule has 0 bridgehead atoms. The SMILES string of the molecule is CO[C@@H]1CCCC[C@@H](NC(=O)c2oc3cc(C)ccc3c2C)[C@H]1O. The maximum absolute atomic E-state index is 12.7. The number of carbonyl (C=O) groups excluding carboxylic acids is 1. The summed E-state index contributed by atoms with van der Waals surface area (Å²) in [5.74, 6) is 0.0446. The zero-order valence-electron chi connectivity index (χ0n) is 14.5. The lowest BCUT2D eigenvalue weighted by atomic mass is 10.0. The summed E-state index contributed by atoms with van der Waals surface area (Å²) in [7, 11) is 1.60. The van der Waals surface area contributed by atoms with Crippen LogP contribution in [0.1, 0.15) is 47.4 Å². The lowest BCUT2D eigenvalue weighted by molar-refractivity contribution is -0.0278. The van der Waals surface area contributed by atoms with Crippen molar-refractivity contribution in [2.24, 2.45) is 0 Å². The Kier molecular flexibility index (Phi) is 4.92. The molecule has 0 aliphatic heterocycles. The molecule has 0 spiro atoms. The third kappa shape index (κ3) is 3.19. The van der Waals surface area contributed by atoms with E-state index in [9.17, 15) is 9.90 Å². The number of methoxy groups -OCH3 is 1. The second kappa shape index (κ2) is 6.95. The maximum atomic E-state index is 12.7. The molecule has 0 radical (unpaired) electrons. The van der Waals surface area contributed by atoms with E-state index in [4.69, 9.17) is 9.15 Å². The van der Waals surface area contributed by atoms with E-state index in [1.165, 1.54) is 0 Å². The molecule has 1 heterocycles. The van der Waals surface area contributed by atoms with E-state index >= 15 is 0 Å². The Hall–Kier alpha value is -1.85. The van der Waals surface area contributed by atoms with Crippen LogP contribution in [0.25, 0.3) is 11.0 Å². The average Bonchev–Trinajstić information content (AvgIpc) is 2.78. The van der Waals surface area contributed by atoms with E-state index in [1.807, 2.05) is 32.0 Å². The van der Waals surface area contributed by atoms with Crippen LogP contribution in [0, 0.1) is 13.8 Å². The molecule has 1 aliphatic carbocycles. The quantitative estimate of drug-likeness (QED) is 0.848. The van der Waals surface area contributed by atoms with Gasteiger partial charge < -0.3 is 19.6 Å². The van der Waals surface area contributed by atoms with Crippen molar-refractivity contribution in [1.29, 1.82) is 0 Å². The summed E-state index contributed by atoms with van der Waals surface area (Å²) in [4.78, 5) is 12.7. The number of furan rings is 1. The first-order valence-electron chi connectivity index (χ1n) is 8.52. The number of amides is 1. The summed E-state index contributed by atoms with van der Waals surface area (Å²) in [5, 5.41) is 14.4. The van der Waals surface area contributed by atoms with E-state index < -0.39 is 6.10 Å². The van der Waals surface area contributed by atoms with Crippen molar-refractivity contribution < 1.29 is 19.1 Å². The van der Waals surface area contributed by atoms with Crippen LogP contribution in [0.15, 0.2) is 22.6 Å². The molecule has 2 aromatic rings. The number of carbonyl (C=O) groups is 1. The van der Waals surface area contributed by atoms with Gasteiger partial charge in [-0.15, -0.1) is 0 Å². The Labute approximate surface area is 142 Å². The van der Waals surface area contributed by atoms with Crippen LogP contribution < -0.4 is 5.32 Å². The Morgan fingerprint density at radius 1 is 1.29 bits per heavy atom. The minimum Gasteiger partial charge on any atom is -0.451 e. The highest BCUT2D eigenvalue weighted by Gasteiger charge is 2.32. The van der Waals surface area contributed by atoms with Gasteiger partial charge in [-0.3, -0.25) is 4.79 Å². The number of rotatable bonds is 3. The average molecular weight is 331 g/mol. The fourth-order valence-corrected chi connectivity index (χ4v) is 3.51. The van der Waals surface area contributed by atoms with Gasteiger partial charge in [0.25, 0.3) is 5.91 Å². The predicted octanol–water partition coefficient (Wildman–Crippen LogP) is 3.10. The first-order chi connectivity index (χ1) is 11.5. The molecule has 1 amide bonds. The molecule has 3 atom stereocenters. The molecule has 1 aromatic carbocycles. The van der Waals surface area contributed by atoms with Gasteiger partial charge in [0.05, 0.1) is 12.1 Å². The number of aliphatic hydroxyl groups is 1. The van der Waals surface area contributed by atoms with Gasteiger partial charge in [-0.05, 0) is 38.3 Å². The summed E-state index contributed by atoms with van der Waals surface area (Å²) in [6, 6.07) is 5.59. The number of ether oxygens (including phenoxy) is 1. The van der Waals surface area contributed by atoms with E-state index in [2.05, 4.69) is 5.32 Å². The maximum Gasteiger partial charge on any atom is 0.287 e. The number of benzene rings is 1. The second-order valence-electron chi connectivity index (χ2n) is 6.68. The highest BCUT2D eigenvalue weighted by Crippen LogP contribution is 2.27. The summed E-state index contributed by atoms with van der Waals surface area (Å²) in [5.41, 5.74) is 2.63. The standard InChI is InChI=1S/C19H25NO4/c1-11-8-9-13-12(2)18(24-16(13)10-11)19(22)20-14-6-4-5-7-15(23-3)17(14)21/h8-10,14-15,17,21H,4-7H2,1-3H3,(H,20,22)/t14-,15-,17-/m1/s1. The monoisotopic (exact) mass is 331 g/mol. The van der Waals surface area contributed by atoms with Crippen molar-refractivity contribution in [3.63, 3.8) is 0 Å². The molecule has 3 rings (SSSR count). The van der Waals surface area contributed by atoms with Crippen molar-refractivity contribution in [3.05, 3.63) is 35.1 Å². The fourth-order valence-electron chi connectivity index (χ4n) is 3.51. The number of fused-ring (bicyclic) bond motifs is 1. The minimum absolute atomic E-state index is 0.239. The molecule has 1 aliphatic rings. The molecule has 1 saturated carbocycles. The van der Waals surface area contributed by atoms with Crippen molar-refractivity contribution in [2.75, 3.05) is 7.11 Å². The van der Waals surface area contributed by atoms with Crippen LogP contribution in [-0.4, -0.2) is 36.4 Å². The Balaban J connectivity index is 1.82. The third-order valence-electron chi connectivity index (χ3n) is 4.97. The van der Waals surface area contributed by atoms with E-state index in [0.29, 0.717) is 11.3 Å². The zero-order valence-corrected chi connectivity index (χ0v) is 14.5. The highest BCUT2D eigenvalue weighted by molar-refractivity contribution is 5.99. The number of hydrogen-bond acceptors (Lipinski definition) is 4. The van der Waals surface area contributed by atoms with Gasteiger partial charge in [-0.2, -0.15) is 0 Å².